The zero-order chi connectivity index (χ0) is 13.6. The van der Waals surface area contributed by atoms with Gasteiger partial charge in [-0.1, -0.05) is 0 Å². The van der Waals surface area contributed by atoms with E-state index in [0.717, 1.165) is 0 Å². The first kappa shape index (κ1) is 19.8. The molecular formula is C8H10KO9. The van der Waals surface area contributed by atoms with Crippen molar-refractivity contribution < 1.29 is 44.3 Å². The summed E-state index contributed by atoms with van der Waals surface area (Å²) in [6, 6.07) is 0. The quantitative estimate of drug-likeness (QED) is 0.389. The summed E-state index contributed by atoms with van der Waals surface area (Å²) in [6.07, 6.45) is -5.74. The summed E-state index contributed by atoms with van der Waals surface area (Å²) < 4.78 is 4.43. The van der Waals surface area contributed by atoms with Gasteiger partial charge in [-0.3, -0.25) is 9.59 Å². The van der Waals surface area contributed by atoms with Gasteiger partial charge in [-0.15, -0.1) is 0 Å². The average molecular weight is 289 g/mol. The smallest absolute Gasteiger partial charge is 0.333 e. The SMILES string of the molecule is O=C(O)CC(OC(CC(=O)O)C(=O)O)C(=O)O.[K]. The Morgan fingerprint density at radius 1 is 0.778 bits per heavy atom. The van der Waals surface area contributed by atoms with Gasteiger partial charge in [0.05, 0.1) is 12.8 Å². The molecule has 0 saturated carbocycles. The third-order valence-corrected chi connectivity index (χ3v) is 1.60. The summed E-state index contributed by atoms with van der Waals surface area (Å²) in [7, 11) is 0. The molecule has 4 N–H and O–H groups in total. The maximum absolute atomic E-state index is 10.6. The third kappa shape index (κ3) is 8.55. The van der Waals surface area contributed by atoms with Gasteiger partial charge in [-0.2, -0.15) is 0 Å². The number of hydrogen-bond donors (Lipinski definition) is 4. The van der Waals surface area contributed by atoms with Crippen LogP contribution in [0.2, 0.25) is 0 Å². The van der Waals surface area contributed by atoms with Crippen molar-refractivity contribution in [3.05, 3.63) is 0 Å². The molecule has 0 aromatic heterocycles. The van der Waals surface area contributed by atoms with Gasteiger partial charge in [-0.05, 0) is 0 Å². The third-order valence-electron chi connectivity index (χ3n) is 1.60. The monoisotopic (exact) mass is 289 g/mol. The van der Waals surface area contributed by atoms with Crippen LogP contribution in [0.25, 0.3) is 0 Å². The van der Waals surface area contributed by atoms with E-state index in [9.17, 15) is 19.2 Å². The molecule has 9 nitrogen and oxygen atoms in total. The van der Waals surface area contributed by atoms with Crippen LogP contribution in [0.5, 0.6) is 0 Å². The van der Waals surface area contributed by atoms with Crippen LogP contribution in [-0.2, 0) is 23.9 Å². The molecule has 97 valence electrons. The van der Waals surface area contributed by atoms with Crippen molar-refractivity contribution in [1.82, 2.24) is 0 Å². The molecule has 2 atom stereocenters. The molecule has 0 fully saturated rings. The van der Waals surface area contributed by atoms with E-state index in [0.29, 0.717) is 0 Å². The number of aliphatic carboxylic acids is 4. The van der Waals surface area contributed by atoms with Crippen LogP contribution in [0.1, 0.15) is 12.8 Å². The van der Waals surface area contributed by atoms with E-state index >= 15 is 0 Å². The van der Waals surface area contributed by atoms with E-state index < -0.39 is 48.9 Å². The minimum Gasteiger partial charge on any atom is -0.481 e. The van der Waals surface area contributed by atoms with Crippen molar-refractivity contribution in [1.29, 1.82) is 0 Å². The molecule has 10 heteroatoms. The predicted molar refractivity (Wildman–Crippen MR) is 54.2 cm³/mol. The molecule has 2 unspecified atom stereocenters. The maximum Gasteiger partial charge on any atom is 0.333 e. The number of ether oxygens (including phenoxy) is 1. The van der Waals surface area contributed by atoms with Crippen molar-refractivity contribution in [3.63, 3.8) is 0 Å². The van der Waals surface area contributed by atoms with Crippen molar-refractivity contribution in [2.75, 3.05) is 0 Å². The summed E-state index contributed by atoms with van der Waals surface area (Å²) in [5.41, 5.74) is 0. The van der Waals surface area contributed by atoms with Crippen molar-refractivity contribution >= 4 is 75.3 Å². The number of rotatable bonds is 8. The normalized spacial score (nSPS) is 12.9. The summed E-state index contributed by atoms with van der Waals surface area (Å²) >= 11 is 0. The molecule has 0 aromatic carbocycles. The van der Waals surface area contributed by atoms with Crippen molar-refractivity contribution in [3.8, 4) is 0 Å². The minimum atomic E-state index is -1.91. The van der Waals surface area contributed by atoms with Gasteiger partial charge in [0.25, 0.3) is 0 Å². The molecular weight excluding hydrogens is 279 g/mol. The number of carbonyl (C=O) groups is 4. The first-order chi connectivity index (χ1) is 7.73. The van der Waals surface area contributed by atoms with E-state index in [-0.39, 0.29) is 51.4 Å². The first-order valence-corrected chi connectivity index (χ1v) is 4.28. The van der Waals surface area contributed by atoms with E-state index in [2.05, 4.69) is 4.74 Å². The first-order valence-electron chi connectivity index (χ1n) is 4.28. The van der Waals surface area contributed by atoms with Gasteiger partial charge in [0.1, 0.15) is 0 Å². The second-order valence-electron chi connectivity index (χ2n) is 2.99. The molecule has 0 heterocycles. The Labute approximate surface area is 143 Å². The average Bonchev–Trinajstić information content (AvgIpc) is 2.13. The van der Waals surface area contributed by atoms with Crippen LogP contribution in [0.4, 0.5) is 0 Å². The van der Waals surface area contributed by atoms with E-state index in [1.807, 2.05) is 0 Å². The van der Waals surface area contributed by atoms with Gasteiger partial charge >= 0.3 is 23.9 Å². The summed E-state index contributed by atoms with van der Waals surface area (Å²) in [6.45, 7) is 0. The molecule has 0 aliphatic rings. The number of carboxylic acid groups (broad SMARTS) is 4. The Hall–Kier alpha value is -0.524. The Balaban J connectivity index is 0. The van der Waals surface area contributed by atoms with Gasteiger partial charge in [0, 0.05) is 51.4 Å². The fraction of sp³-hybridized carbons (Fsp3) is 0.500. The maximum atomic E-state index is 10.6. The fourth-order valence-corrected chi connectivity index (χ4v) is 0.903. The molecule has 0 aliphatic heterocycles. The van der Waals surface area contributed by atoms with E-state index in [4.69, 9.17) is 20.4 Å². The van der Waals surface area contributed by atoms with E-state index in [1.165, 1.54) is 0 Å². The zero-order valence-corrected chi connectivity index (χ0v) is 12.5. The molecule has 0 spiro atoms. The zero-order valence-electron chi connectivity index (χ0n) is 9.40. The molecule has 0 saturated heterocycles. The van der Waals surface area contributed by atoms with Crippen LogP contribution < -0.4 is 0 Å². The minimum absolute atomic E-state index is 0. The van der Waals surface area contributed by atoms with E-state index in [1.54, 1.807) is 0 Å². The van der Waals surface area contributed by atoms with Crippen LogP contribution >= 0.6 is 0 Å². The fourth-order valence-electron chi connectivity index (χ4n) is 0.903. The van der Waals surface area contributed by atoms with Gasteiger partial charge in [-0.25, -0.2) is 9.59 Å². The molecule has 0 bridgehead atoms. The second-order valence-corrected chi connectivity index (χ2v) is 2.99. The Kier molecular flexibility index (Phi) is 10.4. The Morgan fingerprint density at radius 3 is 1.22 bits per heavy atom. The number of hydrogen-bond acceptors (Lipinski definition) is 5. The van der Waals surface area contributed by atoms with Crippen molar-refractivity contribution in [2.24, 2.45) is 0 Å². The van der Waals surface area contributed by atoms with Gasteiger partial charge in [0.2, 0.25) is 0 Å². The van der Waals surface area contributed by atoms with Crippen LogP contribution in [0.15, 0.2) is 0 Å². The van der Waals surface area contributed by atoms with Gasteiger partial charge in [0.15, 0.2) is 12.2 Å². The Bertz CT molecular complexity index is 307. The Morgan fingerprint density at radius 2 is 1.06 bits per heavy atom. The molecule has 0 amide bonds. The number of carboxylic acids is 4. The molecule has 18 heavy (non-hydrogen) atoms. The summed E-state index contributed by atoms with van der Waals surface area (Å²) in [5, 5.41) is 33.8. The molecule has 0 rings (SSSR count). The van der Waals surface area contributed by atoms with Crippen LogP contribution in [0, 0.1) is 0 Å². The molecule has 0 aromatic rings. The van der Waals surface area contributed by atoms with Crippen LogP contribution in [-0.4, -0.2) is 108 Å². The van der Waals surface area contributed by atoms with Gasteiger partial charge < -0.3 is 25.2 Å². The summed E-state index contributed by atoms with van der Waals surface area (Å²) in [4.78, 5) is 41.7. The topological polar surface area (TPSA) is 158 Å². The van der Waals surface area contributed by atoms with Crippen LogP contribution in [0.3, 0.4) is 0 Å². The van der Waals surface area contributed by atoms with Crippen molar-refractivity contribution in [2.45, 2.75) is 25.0 Å². The molecule has 1 radical (unpaired) electrons. The standard InChI is InChI=1S/C8H10O9.K/c9-5(10)1-3(7(13)14)17-4(8(15)16)2-6(11)12;/h3-4H,1-2H2,(H,9,10)(H,11,12)(H,13,14)(H,15,16);. The summed E-state index contributed by atoms with van der Waals surface area (Å²) in [5.74, 6) is -6.36. The predicted octanol–water partition coefficient (Wildman–Crippen LogP) is -1.52. The second kappa shape index (κ2) is 9.41. The molecule has 0 aliphatic carbocycles. The largest absolute Gasteiger partial charge is 0.481 e.